The molecule has 1 fully saturated rings. The Hall–Kier alpha value is -0.930. The van der Waals surface area contributed by atoms with E-state index in [1.807, 2.05) is 0 Å². The lowest BCUT2D eigenvalue weighted by Gasteiger charge is -2.22. The third-order valence-corrected chi connectivity index (χ3v) is 4.56. The van der Waals surface area contributed by atoms with E-state index in [-0.39, 0.29) is 6.42 Å². The topological polar surface area (TPSA) is 86.7 Å². The first kappa shape index (κ1) is 14.5. The van der Waals surface area contributed by atoms with Gasteiger partial charge in [-0.15, -0.1) is 0 Å². The second-order valence-corrected chi connectivity index (χ2v) is 6.07. The van der Waals surface area contributed by atoms with Gasteiger partial charge in [-0.3, -0.25) is 0 Å². The van der Waals surface area contributed by atoms with Gasteiger partial charge < -0.3 is 9.94 Å². The lowest BCUT2D eigenvalue weighted by atomic mass is 10.1. The van der Waals surface area contributed by atoms with Crippen LogP contribution in [0.5, 0.6) is 0 Å². The second kappa shape index (κ2) is 5.22. The number of nitrogens with zero attached hydrogens (tertiary/aromatic N) is 1. The van der Waals surface area contributed by atoms with E-state index >= 15 is 0 Å². The minimum absolute atomic E-state index is 0.0547. The lowest BCUT2D eigenvalue weighted by Crippen LogP contribution is -2.31. The van der Waals surface area contributed by atoms with Gasteiger partial charge in [-0.05, 0) is 17.7 Å². The van der Waals surface area contributed by atoms with Crippen molar-refractivity contribution >= 4 is 39.8 Å². The van der Waals surface area contributed by atoms with E-state index in [0.29, 0.717) is 27.5 Å². The number of rotatable bonds is 2. The maximum atomic E-state index is 11.4. The Morgan fingerprint density at radius 3 is 2.79 bits per heavy atom. The van der Waals surface area contributed by atoms with Crippen LogP contribution in [-0.2, 0) is 9.53 Å². The second-order valence-electron chi connectivity index (χ2n) is 3.94. The van der Waals surface area contributed by atoms with Crippen LogP contribution in [0.3, 0.4) is 0 Å². The Balaban J connectivity index is 2.28. The third kappa shape index (κ3) is 2.82. The van der Waals surface area contributed by atoms with E-state index < -0.39 is 21.3 Å². The Morgan fingerprint density at radius 2 is 2.32 bits per heavy atom. The number of methoxy groups -OCH3 is 1. The van der Waals surface area contributed by atoms with Crippen molar-refractivity contribution in [1.29, 1.82) is 0 Å². The van der Waals surface area contributed by atoms with Crippen molar-refractivity contribution in [2.24, 2.45) is 0 Å². The maximum Gasteiger partial charge on any atom is 0.359 e. The number of amides is 1. The molecule has 0 aromatic heterocycles. The predicted octanol–water partition coefficient (Wildman–Crippen LogP) is 2.56. The number of esters is 1. The van der Waals surface area contributed by atoms with E-state index in [1.165, 1.54) is 7.11 Å². The average Bonchev–Trinajstić information content (AvgIpc) is 2.62. The van der Waals surface area contributed by atoms with Crippen LogP contribution < -0.4 is 0 Å². The first-order chi connectivity index (χ1) is 8.85. The fourth-order valence-corrected chi connectivity index (χ4v) is 3.62. The van der Waals surface area contributed by atoms with E-state index in [2.05, 4.69) is 20.7 Å². The number of halogens is 1. The predicted molar refractivity (Wildman–Crippen MR) is 70.9 cm³/mol. The number of benzene rings is 1. The van der Waals surface area contributed by atoms with Gasteiger partial charge >= 0.3 is 11.9 Å². The van der Waals surface area contributed by atoms with Gasteiger partial charge in [-0.2, -0.15) is 5.21 Å². The average molecular weight is 348 g/mol. The number of carbonyl (C=O) groups is 2. The molecule has 1 amide bonds. The first-order valence-electron chi connectivity index (χ1n) is 5.27. The van der Waals surface area contributed by atoms with E-state index in [9.17, 15) is 20.0 Å². The summed E-state index contributed by atoms with van der Waals surface area (Å²) in [5, 5.41) is 20.2. The van der Waals surface area contributed by atoms with Crippen LogP contribution in [0.4, 0.5) is 0 Å². The highest BCUT2D eigenvalue weighted by atomic mass is 79.9. The molecular weight excluding hydrogens is 338 g/mol. The summed E-state index contributed by atoms with van der Waals surface area (Å²) in [5.41, 5.74) is 1.04. The van der Waals surface area contributed by atoms with E-state index in [4.69, 9.17) is 0 Å². The summed E-state index contributed by atoms with van der Waals surface area (Å²) in [6.45, 7) is 0. The zero-order chi connectivity index (χ0) is 14.2. The Kier molecular flexibility index (Phi) is 3.98. The van der Waals surface area contributed by atoms with Crippen LogP contribution in [0.15, 0.2) is 22.7 Å². The molecule has 0 spiro atoms. The highest BCUT2D eigenvalue weighted by Crippen LogP contribution is 2.47. The van der Waals surface area contributed by atoms with Gasteiger partial charge in [0.05, 0.1) is 19.1 Å². The largest absolute Gasteiger partial charge is 0.579 e. The Bertz CT molecular complexity index is 548. The van der Waals surface area contributed by atoms with Crippen LogP contribution in [0.2, 0.25) is 0 Å². The quantitative estimate of drug-likeness (QED) is 0.291. The number of hydrogen-bond donors (Lipinski definition) is 1. The summed E-state index contributed by atoms with van der Waals surface area (Å²) >= 11 is 3.89. The van der Waals surface area contributed by atoms with Gasteiger partial charge in [0.2, 0.25) is 0 Å². The molecule has 102 valence electrons. The summed E-state index contributed by atoms with van der Waals surface area (Å²) in [4.78, 5) is 22.7. The normalized spacial score (nSPS) is 26.5. The standard InChI is InChI=1S/C11H10BrNO5S/c1-18-11(15)6-2-3-7(8(12)4-6)9-5-10(14)13(16,17)19-9/h2-4,9,16H,5H2,1H3. The minimum Gasteiger partial charge on any atom is -0.579 e. The smallest absolute Gasteiger partial charge is 0.359 e. The summed E-state index contributed by atoms with van der Waals surface area (Å²) in [6, 6.07) is 4.74. The fourth-order valence-electron chi connectivity index (χ4n) is 1.74. The molecular formula is C11H10BrNO5S. The third-order valence-electron chi connectivity index (χ3n) is 2.71. The van der Waals surface area contributed by atoms with Gasteiger partial charge in [-0.25, -0.2) is 9.59 Å². The molecule has 0 radical (unpaired) electrons. The SMILES string of the molecule is COC(=O)c1ccc(C2CC(=O)[N+]([O-])(O)S2)c(Br)c1. The first-order valence-corrected chi connectivity index (χ1v) is 6.90. The van der Waals surface area contributed by atoms with Crippen LogP contribution in [-0.4, -0.2) is 28.4 Å². The lowest BCUT2D eigenvalue weighted by molar-refractivity contribution is -0.880. The van der Waals surface area contributed by atoms with Crippen LogP contribution in [0.25, 0.3) is 0 Å². The number of hydrogen-bond acceptors (Lipinski definition) is 6. The summed E-state index contributed by atoms with van der Waals surface area (Å²) < 4.78 is 3.26. The number of quaternary nitrogens is 1. The number of ether oxygens (including phenoxy) is 1. The Morgan fingerprint density at radius 1 is 1.63 bits per heavy atom. The van der Waals surface area contributed by atoms with Crippen molar-refractivity contribution in [2.45, 2.75) is 11.7 Å². The van der Waals surface area contributed by atoms with Crippen molar-refractivity contribution in [3.63, 3.8) is 0 Å². The summed E-state index contributed by atoms with van der Waals surface area (Å²) in [5.74, 6) is -1.27. The van der Waals surface area contributed by atoms with Gasteiger partial charge in [0, 0.05) is 4.47 Å². The molecule has 2 rings (SSSR count). The zero-order valence-corrected chi connectivity index (χ0v) is 12.2. The molecule has 0 saturated carbocycles. The highest BCUT2D eigenvalue weighted by molar-refractivity contribution is 9.10. The van der Waals surface area contributed by atoms with Gasteiger partial charge in [-0.1, -0.05) is 26.2 Å². The van der Waals surface area contributed by atoms with Crippen molar-refractivity contribution < 1.29 is 23.7 Å². The highest BCUT2D eigenvalue weighted by Gasteiger charge is 2.44. The van der Waals surface area contributed by atoms with E-state index in [1.54, 1.807) is 18.2 Å². The van der Waals surface area contributed by atoms with Crippen molar-refractivity contribution in [3.05, 3.63) is 39.0 Å². The fraction of sp³-hybridized carbons (Fsp3) is 0.273. The Labute approximate surface area is 121 Å². The van der Waals surface area contributed by atoms with Crippen LogP contribution in [0, 0.1) is 5.21 Å². The molecule has 0 aliphatic carbocycles. The molecule has 19 heavy (non-hydrogen) atoms. The molecule has 1 saturated heterocycles. The molecule has 0 bridgehead atoms. The molecule has 1 aromatic carbocycles. The number of carbonyl (C=O) groups excluding carboxylic acids is 2. The van der Waals surface area contributed by atoms with Crippen molar-refractivity contribution in [1.82, 2.24) is 0 Å². The van der Waals surface area contributed by atoms with Gasteiger partial charge in [0.1, 0.15) is 17.2 Å². The molecule has 1 aromatic rings. The van der Waals surface area contributed by atoms with Crippen molar-refractivity contribution in [3.8, 4) is 0 Å². The van der Waals surface area contributed by atoms with E-state index in [0.717, 1.165) is 0 Å². The number of hydroxylamine groups is 2. The summed E-state index contributed by atoms with van der Waals surface area (Å²) in [7, 11) is 1.28. The minimum atomic E-state index is -1.92. The van der Waals surface area contributed by atoms with Gasteiger partial charge in [0.25, 0.3) is 0 Å². The molecule has 6 nitrogen and oxygen atoms in total. The summed E-state index contributed by atoms with van der Waals surface area (Å²) in [6.07, 6.45) is -0.0547. The van der Waals surface area contributed by atoms with Crippen LogP contribution >= 0.6 is 27.9 Å². The maximum absolute atomic E-state index is 11.4. The monoisotopic (exact) mass is 347 g/mol. The zero-order valence-electron chi connectivity index (χ0n) is 9.83. The molecule has 2 unspecified atom stereocenters. The molecule has 1 aliphatic heterocycles. The molecule has 1 N–H and O–H groups in total. The molecule has 2 atom stereocenters. The van der Waals surface area contributed by atoms with Crippen molar-refractivity contribution in [2.75, 3.05) is 7.11 Å². The van der Waals surface area contributed by atoms with Gasteiger partial charge in [0.15, 0.2) is 0 Å². The molecule has 1 aliphatic rings. The molecule has 8 heteroatoms. The molecule has 1 heterocycles. The van der Waals surface area contributed by atoms with Crippen LogP contribution in [0.1, 0.15) is 27.6 Å².